The Morgan fingerprint density at radius 2 is 2.15 bits per heavy atom. The second kappa shape index (κ2) is 14.7. The summed E-state index contributed by atoms with van der Waals surface area (Å²) in [6, 6.07) is 11.6. The molecule has 0 amide bonds. The number of pyridine rings is 1. The molecule has 2 N–H and O–H groups in total. The lowest BCUT2D eigenvalue weighted by Crippen LogP contribution is -2.30. The van der Waals surface area contributed by atoms with Crippen molar-refractivity contribution in [1.29, 1.82) is 0 Å². The molecule has 8 heteroatoms. The molecule has 0 spiro atoms. The monoisotopic (exact) mass is 467 g/mol. The minimum absolute atomic E-state index is 0.546. The Kier molecular flexibility index (Phi) is 11.6. The highest BCUT2D eigenvalue weighted by Crippen LogP contribution is 2.29. The molecular weight excluding hydrogens is 430 g/mol. The van der Waals surface area contributed by atoms with Crippen LogP contribution in [-0.2, 0) is 9.53 Å². The molecule has 1 saturated heterocycles. The summed E-state index contributed by atoms with van der Waals surface area (Å²) in [5.74, 6) is 1.31. The lowest BCUT2D eigenvalue weighted by Gasteiger charge is -2.18. The van der Waals surface area contributed by atoms with E-state index in [0.717, 1.165) is 17.7 Å². The number of nitrogens with one attached hydrogen (secondary N) is 2. The van der Waals surface area contributed by atoms with Gasteiger partial charge in [-0.25, -0.2) is 4.99 Å². The lowest BCUT2D eigenvalue weighted by atomic mass is 10.1. The van der Waals surface area contributed by atoms with Gasteiger partial charge in [0.1, 0.15) is 18.1 Å². The van der Waals surface area contributed by atoms with Crippen LogP contribution in [0.15, 0.2) is 65.7 Å². The lowest BCUT2D eigenvalue weighted by molar-refractivity contribution is -0.107. The van der Waals surface area contributed by atoms with Crippen molar-refractivity contribution in [2.45, 2.75) is 38.3 Å². The number of likely N-dealkylation sites (tertiary alicyclic amines) is 1. The number of anilines is 1. The number of ether oxygens (including phenoxy) is 2. The topological polar surface area (TPSA) is 88.1 Å². The van der Waals surface area contributed by atoms with E-state index >= 15 is 0 Å². The van der Waals surface area contributed by atoms with Gasteiger partial charge >= 0.3 is 0 Å². The summed E-state index contributed by atoms with van der Waals surface area (Å²) >= 11 is 0. The van der Waals surface area contributed by atoms with Crippen molar-refractivity contribution in [3.63, 3.8) is 0 Å². The molecule has 0 aliphatic carbocycles. The van der Waals surface area contributed by atoms with E-state index in [1.165, 1.54) is 24.9 Å². The van der Waals surface area contributed by atoms with Crippen LogP contribution in [-0.4, -0.2) is 63.0 Å². The molecule has 2 aromatic rings. The van der Waals surface area contributed by atoms with Crippen molar-refractivity contribution in [2.75, 3.05) is 40.2 Å². The first-order chi connectivity index (χ1) is 16.6. The molecule has 3 rings (SSSR count). The molecular formula is C26H37N5O3. The summed E-state index contributed by atoms with van der Waals surface area (Å²) in [7, 11) is 7.09. The molecule has 1 aromatic carbocycles. The highest BCUT2D eigenvalue weighted by molar-refractivity contribution is 5.76. The molecule has 2 unspecified atom stereocenters. The fourth-order valence-corrected chi connectivity index (χ4v) is 3.71. The quantitative estimate of drug-likeness (QED) is 0.327. The number of aldehydes is 1. The largest absolute Gasteiger partial charge is 0.497 e. The van der Waals surface area contributed by atoms with Crippen LogP contribution in [0.2, 0.25) is 0 Å². The van der Waals surface area contributed by atoms with Gasteiger partial charge in [0.15, 0.2) is 5.90 Å². The predicted molar refractivity (Wildman–Crippen MR) is 137 cm³/mol. The third-order valence-electron chi connectivity index (χ3n) is 5.63. The molecule has 1 aromatic heterocycles. The first-order valence-corrected chi connectivity index (χ1v) is 11.5. The fourth-order valence-electron chi connectivity index (χ4n) is 3.71. The van der Waals surface area contributed by atoms with Crippen LogP contribution < -0.4 is 15.4 Å². The standard InChI is InChI=1S/C16H23N3O3.C10H14N2/c1-5-16(22-4)18-10-14(17-2)15(11-20)19-12-7-6-8-13(9-12)21-3;1-12-7-3-5-10(12)9-4-2-6-11-8-9/h6-11,15,17,19H,5H2,1-4H3;2,4,6,8,10H,3,5,7H2,1H3/b14-10-,18-16?;. The maximum Gasteiger partial charge on any atom is 0.187 e. The Morgan fingerprint density at radius 3 is 2.71 bits per heavy atom. The van der Waals surface area contributed by atoms with Crippen molar-refractivity contribution in [2.24, 2.45) is 4.99 Å². The Balaban J connectivity index is 0.000000283. The Morgan fingerprint density at radius 1 is 1.32 bits per heavy atom. The number of aliphatic imine (C=N–C) groups is 1. The number of hydrogen-bond acceptors (Lipinski definition) is 8. The predicted octanol–water partition coefficient (Wildman–Crippen LogP) is 4.04. The van der Waals surface area contributed by atoms with E-state index < -0.39 is 6.04 Å². The van der Waals surface area contributed by atoms with Crippen LogP contribution in [0.3, 0.4) is 0 Å². The normalized spacial score (nSPS) is 17.3. The number of carbonyl (C=O) groups excluding carboxylic acids is 1. The summed E-state index contributed by atoms with van der Waals surface area (Å²) in [6.07, 6.45) is 9.49. The molecule has 2 heterocycles. The van der Waals surface area contributed by atoms with E-state index in [1.807, 2.05) is 49.6 Å². The Hall–Kier alpha value is -3.39. The van der Waals surface area contributed by atoms with Gasteiger partial charge in [-0.05, 0) is 50.2 Å². The van der Waals surface area contributed by atoms with Gasteiger partial charge < -0.3 is 24.9 Å². The zero-order valence-electron chi connectivity index (χ0n) is 20.8. The molecule has 1 aliphatic heterocycles. The Bertz CT molecular complexity index is 927. The Labute approximate surface area is 203 Å². The van der Waals surface area contributed by atoms with Crippen LogP contribution in [0, 0.1) is 0 Å². The highest BCUT2D eigenvalue weighted by atomic mass is 16.5. The second-order valence-electron chi connectivity index (χ2n) is 7.83. The average Bonchev–Trinajstić information content (AvgIpc) is 3.32. The number of carbonyl (C=O) groups is 1. The minimum Gasteiger partial charge on any atom is -0.497 e. The first kappa shape index (κ1) is 26.9. The fraction of sp³-hybridized carbons (Fsp3) is 0.423. The maximum absolute atomic E-state index is 11.4. The molecule has 0 radical (unpaired) electrons. The number of benzene rings is 1. The number of methoxy groups -OCH3 is 2. The second-order valence-corrected chi connectivity index (χ2v) is 7.83. The van der Waals surface area contributed by atoms with Crippen molar-refractivity contribution < 1.29 is 14.3 Å². The number of aromatic nitrogens is 1. The summed E-state index contributed by atoms with van der Waals surface area (Å²) in [4.78, 5) is 22.2. The number of likely N-dealkylation sites (N-methyl/N-ethyl adjacent to an activating group) is 1. The van der Waals surface area contributed by atoms with Gasteiger partial charge in [-0.3, -0.25) is 9.88 Å². The van der Waals surface area contributed by atoms with Gasteiger partial charge in [0.25, 0.3) is 0 Å². The van der Waals surface area contributed by atoms with Crippen LogP contribution >= 0.6 is 0 Å². The van der Waals surface area contributed by atoms with E-state index in [2.05, 4.69) is 38.6 Å². The zero-order chi connectivity index (χ0) is 24.8. The van der Waals surface area contributed by atoms with E-state index in [1.54, 1.807) is 27.5 Å². The molecule has 184 valence electrons. The third-order valence-corrected chi connectivity index (χ3v) is 5.63. The molecule has 0 saturated carbocycles. The number of hydrogen-bond donors (Lipinski definition) is 2. The van der Waals surface area contributed by atoms with Crippen LogP contribution in [0.1, 0.15) is 37.8 Å². The van der Waals surface area contributed by atoms with Gasteiger partial charge in [0.05, 0.1) is 26.1 Å². The summed E-state index contributed by atoms with van der Waals surface area (Å²) in [5.41, 5.74) is 2.78. The third kappa shape index (κ3) is 8.19. The minimum atomic E-state index is -0.546. The molecule has 1 fully saturated rings. The van der Waals surface area contributed by atoms with Crippen molar-refractivity contribution >= 4 is 17.9 Å². The van der Waals surface area contributed by atoms with Gasteiger partial charge in [0.2, 0.25) is 0 Å². The van der Waals surface area contributed by atoms with Crippen LogP contribution in [0.4, 0.5) is 5.69 Å². The smallest absolute Gasteiger partial charge is 0.187 e. The van der Waals surface area contributed by atoms with Crippen molar-refractivity contribution in [1.82, 2.24) is 15.2 Å². The SMILES string of the molecule is CCC(=N/C=C(\NC)C(C=O)Nc1cccc(OC)c1)OC.CN1CCCC1c1cccnc1. The van der Waals surface area contributed by atoms with Crippen molar-refractivity contribution in [3.05, 3.63) is 66.3 Å². The van der Waals surface area contributed by atoms with Gasteiger partial charge in [0, 0.05) is 43.7 Å². The van der Waals surface area contributed by atoms with E-state index in [4.69, 9.17) is 9.47 Å². The molecule has 0 bridgehead atoms. The van der Waals surface area contributed by atoms with Gasteiger partial charge in [-0.2, -0.15) is 0 Å². The first-order valence-electron chi connectivity index (χ1n) is 11.5. The van der Waals surface area contributed by atoms with Crippen LogP contribution in [0.5, 0.6) is 5.75 Å². The summed E-state index contributed by atoms with van der Waals surface area (Å²) < 4.78 is 10.3. The number of nitrogens with zero attached hydrogens (tertiary/aromatic N) is 3. The van der Waals surface area contributed by atoms with Crippen molar-refractivity contribution in [3.8, 4) is 5.75 Å². The van der Waals surface area contributed by atoms with Gasteiger partial charge in [-0.1, -0.05) is 19.1 Å². The van der Waals surface area contributed by atoms with Crippen LogP contribution in [0.25, 0.3) is 0 Å². The van der Waals surface area contributed by atoms with E-state index in [0.29, 0.717) is 24.1 Å². The average molecular weight is 468 g/mol. The number of rotatable bonds is 9. The zero-order valence-corrected chi connectivity index (χ0v) is 20.8. The van der Waals surface area contributed by atoms with Gasteiger partial charge in [-0.15, -0.1) is 0 Å². The molecule has 1 aliphatic rings. The van der Waals surface area contributed by atoms with E-state index in [-0.39, 0.29) is 0 Å². The maximum atomic E-state index is 11.4. The molecule has 8 nitrogen and oxygen atoms in total. The molecule has 34 heavy (non-hydrogen) atoms. The van der Waals surface area contributed by atoms with E-state index in [9.17, 15) is 4.79 Å². The summed E-state index contributed by atoms with van der Waals surface area (Å²) in [6.45, 7) is 3.17. The highest BCUT2D eigenvalue weighted by Gasteiger charge is 2.22. The molecule has 2 atom stereocenters. The summed E-state index contributed by atoms with van der Waals surface area (Å²) in [5, 5.41) is 6.10.